The van der Waals surface area contributed by atoms with Crippen LogP contribution in [0.1, 0.15) is 40.0 Å². The molecule has 2 heterocycles. The average Bonchev–Trinajstić information content (AvgIpc) is 2.86. The number of aromatic nitrogens is 3. The number of thioether (sulfide) groups is 1. The Labute approximate surface area is 130 Å². The van der Waals surface area contributed by atoms with Crippen molar-refractivity contribution in [2.75, 3.05) is 12.3 Å². The van der Waals surface area contributed by atoms with E-state index in [9.17, 15) is 4.79 Å². The molecule has 116 valence electrons. The zero-order chi connectivity index (χ0) is 15.3. The topological polar surface area (TPSA) is 51.0 Å². The highest BCUT2D eigenvalue weighted by atomic mass is 32.2. The van der Waals surface area contributed by atoms with Crippen molar-refractivity contribution in [3.05, 3.63) is 6.33 Å². The molecule has 2 fully saturated rings. The van der Waals surface area contributed by atoms with E-state index in [1.54, 1.807) is 6.33 Å². The van der Waals surface area contributed by atoms with Crippen LogP contribution in [0.2, 0.25) is 0 Å². The molecule has 3 rings (SSSR count). The smallest absolute Gasteiger partial charge is 0.233 e. The van der Waals surface area contributed by atoms with E-state index in [1.807, 2.05) is 11.6 Å². The number of carbonyl (C=O) groups is 1. The summed E-state index contributed by atoms with van der Waals surface area (Å²) in [4.78, 5) is 14.7. The first-order chi connectivity index (χ1) is 9.78. The second-order valence-corrected chi connectivity index (χ2v) is 8.69. The van der Waals surface area contributed by atoms with Gasteiger partial charge >= 0.3 is 0 Å². The third-order valence-electron chi connectivity index (χ3n) is 4.73. The molecule has 1 amide bonds. The summed E-state index contributed by atoms with van der Waals surface area (Å²) in [6, 6.07) is 0.423. The van der Waals surface area contributed by atoms with Crippen molar-refractivity contribution in [3.63, 3.8) is 0 Å². The van der Waals surface area contributed by atoms with Gasteiger partial charge in [0.15, 0.2) is 5.16 Å². The average molecular weight is 308 g/mol. The molecule has 1 aliphatic heterocycles. The highest BCUT2D eigenvalue weighted by Gasteiger charge is 2.50. The Kier molecular flexibility index (Phi) is 3.55. The van der Waals surface area contributed by atoms with Gasteiger partial charge in [-0.3, -0.25) is 4.79 Å². The van der Waals surface area contributed by atoms with Crippen LogP contribution in [0, 0.1) is 10.8 Å². The highest BCUT2D eigenvalue weighted by molar-refractivity contribution is 7.99. The number of likely N-dealkylation sites (tertiary alicyclic amines) is 1. The predicted molar refractivity (Wildman–Crippen MR) is 83.0 cm³/mol. The normalized spacial score (nSPS) is 30.7. The molecule has 1 aliphatic carbocycles. The van der Waals surface area contributed by atoms with Gasteiger partial charge in [-0.25, -0.2) is 0 Å². The molecule has 1 saturated heterocycles. The highest BCUT2D eigenvalue weighted by Crippen LogP contribution is 2.52. The minimum Gasteiger partial charge on any atom is -0.338 e. The van der Waals surface area contributed by atoms with Gasteiger partial charge < -0.3 is 9.47 Å². The van der Waals surface area contributed by atoms with Gasteiger partial charge in [0, 0.05) is 19.6 Å². The minimum atomic E-state index is 0.245. The lowest BCUT2D eigenvalue weighted by molar-refractivity contribution is -0.129. The number of hydrogen-bond donors (Lipinski definition) is 0. The van der Waals surface area contributed by atoms with Crippen LogP contribution in [-0.2, 0) is 11.8 Å². The lowest BCUT2D eigenvalue weighted by atomic mass is 9.65. The van der Waals surface area contributed by atoms with Crippen LogP contribution in [-0.4, -0.2) is 43.9 Å². The van der Waals surface area contributed by atoms with Crippen LogP contribution in [0.4, 0.5) is 0 Å². The van der Waals surface area contributed by atoms with Gasteiger partial charge in [0.2, 0.25) is 5.91 Å². The lowest BCUT2D eigenvalue weighted by Crippen LogP contribution is -2.38. The van der Waals surface area contributed by atoms with Crippen LogP contribution in [0.5, 0.6) is 0 Å². The Morgan fingerprint density at radius 2 is 2.19 bits per heavy atom. The van der Waals surface area contributed by atoms with Gasteiger partial charge in [-0.05, 0) is 30.1 Å². The third-order valence-corrected chi connectivity index (χ3v) is 5.75. The molecular weight excluding hydrogens is 284 g/mol. The van der Waals surface area contributed by atoms with Gasteiger partial charge in [0.1, 0.15) is 6.33 Å². The van der Waals surface area contributed by atoms with Crippen LogP contribution >= 0.6 is 11.8 Å². The number of amides is 1. The summed E-state index contributed by atoms with van der Waals surface area (Å²) in [5.41, 5.74) is 0.654. The second-order valence-electron chi connectivity index (χ2n) is 7.75. The Balaban J connectivity index is 1.65. The molecule has 1 aromatic rings. The van der Waals surface area contributed by atoms with E-state index in [4.69, 9.17) is 0 Å². The molecule has 0 radical (unpaired) electrons. The quantitative estimate of drug-likeness (QED) is 0.804. The molecule has 0 spiro atoms. The minimum absolute atomic E-state index is 0.245. The van der Waals surface area contributed by atoms with Crippen molar-refractivity contribution in [2.24, 2.45) is 17.9 Å². The van der Waals surface area contributed by atoms with E-state index in [0.717, 1.165) is 24.5 Å². The summed E-state index contributed by atoms with van der Waals surface area (Å²) < 4.78 is 1.85. The molecule has 0 aromatic carbocycles. The molecule has 2 aliphatic rings. The number of rotatable bonds is 3. The summed E-state index contributed by atoms with van der Waals surface area (Å²) in [5.74, 6) is 0.703. The Hall–Kier alpha value is -1.04. The van der Waals surface area contributed by atoms with Crippen molar-refractivity contribution < 1.29 is 4.79 Å². The first-order valence-corrected chi connectivity index (χ1v) is 8.53. The molecule has 1 saturated carbocycles. The van der Waals surface area contributed by atoms with Crippen molar-refractivity contribution in [2.45, 2.75) is 51.2 Å². The van der Waals surface area contributed by atoms with Gasteiger partial charge in [0.25, 0.3) is 0 Å². The summed E-state index contributed by atoms with van der Waals surface area (Å²) in [6.07, 6.45) is 5.18. The molecule has 5 nitrogen and oxygen atoms in total. The zero-order valence-electron chi connectivity index (χ0n) is 13.3. The molecular formula is C15H24N4OS. The largest absolute Gasteiger partial charge is 0.338 e. The van der Waals surface area contributed by atoms with Crippen molar-refractivity contribution in [3.8, 4) is 0 Å². The van der Waals surface area contributed by atoms with Crippen molar-refractivity contribution in [1.82, 2.24) is 19.7 Å². The number of hydrogen-bond acceptors (Lipinski definition) is 4. The summed E-state index contributed by atoms with van der Waals surface area (Å²) in [6.45, 7) is 7.92. The lowest BCUT2D eigenvalue weighted by Gasteiger charge is -2.39. The number of aryl methyl sites for hydroxylation is 1. The third kappa shape index (κ3) is 2.96. The monoisotopic (exact) mass is 308 g/mol. The van der Waals surface area contributed by atoms with E-state index >= 15 is 0 Å². The van der Waals surface area contributed by atoms with Gasteiger partial charge in [-0.1, -0.05) is 32.5 Å². The first kappa shape index (κ1) is 14.9. The van der Waals surface area contributed by atoms with Crippen LogP contribution in [0.15, 0.2) is 11.5 Å². The van der Waals surface area contributed by atoms with Gasteiger partial charge in [-0.2, -0.15) is 0 Å². The second kappa shape index (κ2) is 5.00. The van der Waals surface area contributed by atoms with Gasteiger partial charge in [-0.15, -0.1) is 10.2 Å². The first-order valence-electron chi connectivity index (χ1n) is 7.54. The summed E-state index contributed by atoms with van der Waals surface area (Å²) >= 11 is 1.48. The maximum Gasteiger partial charge on any atom is 0.233 e. The van der Waals surface area contributed by atoms with E-state index < -0.39 is 0 Å². The van der Waals surface area contributed by atoms with Crippen LogP contribution in [0.3, 0.4) is 0 Å². The van der Waals surface area contributed by atoms with Crippen molar-refractivity contribution in [1.29, 1.82) is 0 Å². The molecule has 0 unspecified atom stereocenters. The Morgan fingerprint density at radius 1 is 1.43 bits per heavy atom. The van der Waals surface area contributed by atoms with E-state index in [1.165, 1.54) is 18.2 Å². The number of fused-ring (bicyclic) bond motifs is 2. The fourth-order valence-corrected chi connectivity index (χ4v) is 5.14. The fraction of sp³-hybridized carbons (Fsp3) is 0.800. The molecule has 0 N–H and O–H groups in total. The SMILES string of the molecule is Cn1cnnc1SCC(=O)N1C[C@@]2(C)C[C@H]1CC(C)(C)C2. The van der Waals surface area contributed by atoms with Crippen LogP contribution in [0.25, 0.3) is 0 Å². The van der Waals surface area contributed by atoms with Gasteiger partial charge in [0.05, 0.1) is 5.75 Å². The summed E-state index contributed by atoms with van der Waals surface area (Å²) in [7, 11) is 1.90. The molecule has 1 aromatic heterocycles. The van der Waals surface area contributed by atoms with E-state index in [2.05, 4.69) is 35.9 Å². The number of nitrogens with zero attached hydrogens (tertiary/aromatic N) is 4. The van der Waals surface area contributed by atoms with E-state index in [-0.39, 0.29) is 5.91 Å². The maximum absolute atomic E-state index is 12.6. The molecule has 2 atom stereocenters. The standard InChI is InChI=1S/C15H24N4OS/c1-14(2)5-11-6-15(3,8-14)9-19(11)12(20)7-21-13-17-16-10-18(13)4/h10-11H,5-9H2,1-4H3/t11-,15+/m1/s1. The zero-order valence-corrected chi connectivity index (χ0v) is 14.1. The Bertz CT molecular complexity index is 556. The maximum atomic E-state index is 12.6. The van der Waals surface area contributed by atoms with Crippen molar-refractivity contribution >= 4 is 17.7 Å². The van der Waals surface area contributed by atoms with E-state index in [0.29, 0.717) is 22.6 Å². The molecule has 6 heteroatoms. The number of carbonyl (C=O) groups excluding carboxylic acids is 1. The predicted octanol–water partition coefficient (Wildman–Crippen LogP) is 2.33. The van der Waals surface area contributed by atoms with Crippen LogP contribution < -0.4 is 0 Å². The Morgan fingerprint density at radius 3 is 2.86 bits per heavy atom. The molecule has 21 heavy (non-hydrogen) atoms. The summed E-state index contributed by atoms with van der Waals surface area (Å²) in [5, 5.41) is 8.67. The fourth-order valence-electron chi connectivity index (χ4n) is 4.36. The molecule has 2 bridgehead atoms.